The highest BCUT2D eigenvalue weighted by Gasteiger charge is 2.89. The van der Waals surface area contributed by atoms with Gasteiger partial charge in [-0.2, -0.15) is 0 Å². The van der Waals surface area contributed by atoms with Crippen LogP contribution in [0.3, 0.4) is 0 Å². The van der Waals surface area contributed by atoms with Gasteiger partial charge in [0.05, 0.1) is 0 Å². The van der Waals surface area contributed by atoms with Crippen molar-refractivity contribution in [1.82, 2.24) is 0 Å². The Hall–Kier alpha value is -0.900. The Morgan fingerprint density at radius 2 is 1.85 bits per heavy atom. The lowest BCUT2D eigenvalue weighted by Gasteiger charge is -2.57. The topological polar surface area (TPSA) is 55.9 Å². The minimum atomic E-state index is -0.522. The maximum Gasteiger partial charge on any atom is 0.302 e. The number of carbonyl (C=O) groups is 2. The van der Waals surface area contributed by atoms with Crippen LogP contribution in [0, 0.1) is 40.4 Å². The molecule has 5 aliphatic rings. The van der Waals surface area contributed by atoms with Crippen LogP contribution in [0.1, 0.15) is 112 Å². The molecule has 4 heteroatoms. The van der Waals surface area contributed by atoms with Crippen LogP contribution in [0.15, 0.2) is 0 Å². The lowest BCUT2D eigenvalue weighted by molar-refractivity contribution is -0.160. The van der Waals surface area contributed by atoms with Crippen molar-refractivity contribution in [2.45, 2.75) is 129 Å². The van der Waals surface area contributed by atoms with Crippen molar-refractivity contribution in [3.63, 3.8) is 0 Å². The summed E-state index contributed by atoms with van der Waals surface area (Å²) in [5.41, 5.74) is -0.478. The molecule has 0 amide bonds. The zero-order chi connectivity index (χ0) is 23.8. The molecule has 0 N–H and O–H groups in total. The molecule has 1 heterocycles. The molecular formula is C29H46O4. The molecule has 0 aromatic carbocycles. The van der Waals surface area contributed by atoms with Gasteiger partial charge < -0.3 is 9.47 Å². The summed E-state index contributed by atoms with van der Waals surface area (Å²) in [5, 5.41) is 0. The van der Waals surface area contributed by atoms with E-state index in [9.17, 15) is 9.59 Å². The lowest BCUT2D eigenvalue weighted by Crippen LogP contribution is -2.62. The molecule has 4 saturated carbocycles. The summed E-state index contributed by atoms with van der Waals surface area (Å²) >= 11 is 0. The Balaban J connectivity index is 1.37. The van der Waals surface area contributed by atoms with E-state index in [0.29, 0.717) is 35.9 Å². The first kappa shape index (κ1) is 23.8. The maximum atomic E-state index is 13.9. The maximum absolute atomic E-state index is 13.9. The van der Waals surface area contributed by atoms with Gasteiger partial charge in [-0.15, -0.1) is 0 Å². The number of rotatable bonds is 6. The molecule has 1 aliphatic heterocycles. The van der Waals surface area contributed by atoms with Crippen molar-refractivity contribution in [2.75, 3.05) is 0 Å². The first-order valence-electron chi connectivity index (χ1n) is 13.9. The number of epoxide rings is 1. The first-order chi connectivity index (χ1) is 15.5. The van der Waals surface area contributed by atoms with Crippen molar-refractivity contribution in [3.05, 3.63) is 0 Å². The van der Waals surface area contributed by atoms with Gasteiger partial charge in [-0.3, -0.25) is 9.59 Å². The van der Waals surface area contributed by atoms with Gasteiger partial charge in [0, 0.05) is 24.7 Å². The Morgan fingerprint density at radius 3 is 2.55 bits per heavy atom. The first-order valence-corrected chi connectivity index (χ1v) is 13.9. The summed E-state index contributed by atoms with van der Waals surface area (Å²) in [4.78, 5) is 25.4. The quantitative estimate of drug-likeness (QED) is 0.337. The number of fused-ring (bicyclic) bond motifs is 2. The second kappa shape index (κ2) is 7.80. The van der Waals surface area contributed by atoms with E-state index in [2.05, 4.69) is 34.6 Å². The number of ketones is 1. The Bertz CT molecular complexity index is 820. The lowest BCUT2D eigenvalue weighted by atomic mass is 9.44. The monoisotopic (exact) mass is 458 g/mol. The van der Waals surface area contributed by atoms with Crippen molar-refractivity contribution in [1.29, 1.82) is 0 Å². The molecule has 0 aromatic heterocycles. The van der Waals surface area contributed by atoms with Crippen LogP contribution in [-0.4, -0.2) is 29.1 Å². The zero-order valence-corrected chi connectivity index (χ0v) is 21.9. The van der Waals surface area contributed by atoms with E-state index < -0.39 is 5.60 Å². The Morgan fingerprint density at radius 1 is 1.09 bits per heavy atom. The molecule has 0 bridgehead atoms. The smallest absolute Gasteiger partial charge is 0.302 e. The molecule has 0 aromatic rings. The SMILES string of the molecule is CC(=O)O[C@@H]1CC[C@@]2(C)[C@@H](CC(=O)[C@]34O[C@]35CC[C@@H]([C@H](C)CCCC(C)C)[C@@]5(C)CC[C@@H]24)C1. The fraction of sp³-hybridized carbons (Fsp3) is 0.931. The molecular weight excluding hydrogens is 412 g/mol. The van der Waals surface area contributed by atoms with Gasteiger partial charge in [-0.1, -0.05) is 53.9 Å². The number of carbonyl (C=O) groups excluding carboxylic acids is 2. The largest absolute Gasteiger partial charge is 0.463 e. The van der Waals surface area contributed by atoms with Crippen LogP contribution in [0.25, 0.3) is 0 Å². The van der Waals surface area contributed by atoms with Gasteiger partial charge in [0.15, 0.2) is 11.4 Å². The van der Waals surface area contributed by atoms with Crippen molar-refractivity contribution >= 4 is 11.8 Å². The molecule has 0 unspecified atom stereocenters. The van der Waals surface area contributed by atoms with E-state index >= 15 is 0 Å². The van der Waals surface area contributed by atoms with E-state index in [1.54, 1.807) is 0 Å². The van der Waals surface area contributed by atoms with Crippen LogP contribution in [0.5, 0.6) is 0 Å². The fourth-order valence-electron chi connectivity index (χ4n) is 9.78. The standard InChI is InChI=1S/C29H46O4/c1-18(2)8-7-9-19(3)23-11-15-28-27(23,6)14-12-24-26(5)13-10-22(32-20(4)30)16-21(26)17-25(31)29(24,28)33-28/h18-19,21-24H,7-17H2,1-6H3/t19-,21-,22-,23+,24+,26+,27-,28+,29+/m1/s1. The summed E-state index contributed by atoms with van der Waals surface area (Å²) in [6.45, 7) is 13.5. The number of hydrogen-bond acceptors (Lipinski definition) is 4. The van der Waals surface area contributed by atoms with Gasteiger partial charge in [0.1, 0.15) is 11.7 Å². The minimum absolute atomic E-state index is 0.0205. The van der Waals surface area contributed by atoms with Gasteiger partial charge in [0.2, 0.25) is 0 Å². The van der Waals surface area contributed by atoms with E-state index in [1.807, 2.05) is 0 Å². The fourth-order valence-corrected chi connectivity index (χ4v) is 9.78. The Kier molecular flexibility index (Phi) is 5.63. The summed E-state index contributed by atoms with van der Waals surface area (Å²) < 4.78 is 12.5. The summed E-state index contributed by atoms with van der Waals surface area (Å²) in [7, 11) is 0. The van der Waals surface area contributed by atoms with Gasteiger partial charge in [0.25, 0.3) is 0 Å². The van der Waals surface area contributed by atoms with Crippen LogP contribution < -0.4 is 0 Å². The molecule has 4 nitrogen and oxygen atoms in total. The number of esters is 1. The summed E-state index contributed by atoms with van der Waals surface area (Å²) in [6.07, 6.45) is 11.9. The number of ether oxygens (including phenoxy) is 2. The van der Waals surface area contributed by atoms with Crippen LogP contribution >= 0.6 is 0 Å². The second-order valence-corrected chi connectivity index (χ2v) is 13.5. The van der Waals surface area contributed by atoms with Gasteiger partial charge in [-0.25, -0.2) is 0 Å². The third-order valence-corrected chi connectivity index (χ3v) is 11.5. The average Bonchev–Trinajstić information content (AvgIpc) is 3.32. The molecule has 5 fully saturated rings. The zero-order valence-electron chi connectivity index (χ0n) is 21.9. The van der Waals surface area contributed by atoms with E-state index in [-0.39, 0.29) is 28.5 Å². The summed E-state index contributed by atoms with van der Waals surface area (Å²) in [5.74, 6) is 2.97. The van der Waals surface area contributed by atoms with Crippen LogP contribution in [0.2, 0.25) is 0 Å². The normalized spacial score (nSPS) is 49.0. The van der Waals surface area contributed by atoms with E-state index in [1.165, 1.54) is 39.0 Å². The predicted molar refractivity (Wildman–Crippen MR) is 129 cm³/mol. The Labute approximate surface area is 200 Å². The molecule has 0 radical (unpaired) electrons. The number of hydrogen-bond donors (Lipinski definition) is 0. The highest BCUT2D eigenvalue weighted by Crippen LogP contribution is 2.80. The predicted octanol–water partition coefficient (Wildman–Crippen LogP) is 6.49. The van der Waals surface area contributed by atoms with Gasteiger partial charge >= 0.3 is 5.97 Å². The molecule has 2 spiro atoms. The molecule has 186 valence electrons. The number of Topliss-reactive ketones (excluding diaryl/α,β-unsaturated/α-hetero) is 1. The highest BCUT2D eigenvalue weighted by atomic mass is 16.6. The van der Waals surface area contributed by atoms with Crippen LogP contribution in [0.4, 0.5) is 0 Å². The molecule has 5 rings (SSSR count). The second-order valence-electron chi connectivity index (χ2n) is 13.5. The van der Waals surface area contributed by atoms with Crippen molar-refractivity contribution < 1.29 is 19.1 Å². The average molecular weight is 459 g/mol. The van der Waals surface area contributed by atoms with Crippen molar-refractivity contribution in [2.24, 2.45) is 40.4 Å². The van der Waals surface area contributed by atoms with E-state index in [0.717, 1.165) is 38.0 Å². The molecule has 1 saturated heterocycles. The third-order valence-electron chi connectivity index (χ3n) is 11.5. The molecule has 4 aliphatic carbocycles. The summed E-state index contributed by atoms with van der Waals surface area (Å²) in [6, 6.07) is 0. The molecule has 9 atom stereocenters. The van der Waals surface area contributed by atoms with Crippen molar-refractivity contribution in [3.8, 4) is 0 Å². The van der Waals surface area contributed by atoms with Gasteiger partial charge in [-0.05, 0) is 74.0 Å². The minimum Gasteiger partial charge on any atom is -0.463 e. The third kappa shape index (κ3) is 3.17. The highest BCUT2D eigenvalue weighted by molar-refractivity contribution is 5.94. The van der Waals surface area contributed by atoms with E-state index in [4.69, 9.17) is 9.47 Å². The van der Waals surface area contributed by atoms with Crippen LogP contribution in [-0.2, 0) is 19.1 Å². The molecule has 33 heavy (non-hydrogen) atoms.